The predicted octanol–water partition coefficient (Wildman–Crippen LogP) is 3.29. The van der Waals surface area contributed by atoms with Crippen LogP contribution in [0.1, 0.15) is 19.8 Å². The fourth-order valence-electron chi connectivity index (χ4n) is 1.20. The van der Waals surface area contributed by atoms with Gasteiger partial charge in [-0.05, 0) is 18.8 Å². The molecule has 59 valence electrons. The fraction of sp³-hybridized carbons (Fsp3) is 0.364. The van der Waals surface area contributed by atoms with Crippen LogP contribution in [0, 0.1) is 12.3 Å². The first-order valence-electron chi connectivity index (χ1n) is 4.28. The van der Waals surface area contributed by atoms with Gasteiger partial charge < -0.3 is 0 Å². The topological polar surface area (TPSA) is 0 Å². The lowest BCUT2D eigenvalue weighted by Crippen LogP contribution is -1.94. The highest BCUT2D eigenvalue weighted by atomic mass is 14.0. The normalized spacial score (nSPS) is 31.9. The molecule has 1 radical (unpaired) electrons. The minimum absolute atomic E-state index is 0.640. The second-order valence-corrected chi connectivity index (χ2v) is 2.80. The summed E-state index contributed by atoms with van der Waals surface area (Å²) in [7, 11) is 0. The van der Waals surface area contributed by atoms with E-state index < -0.39 is 0 Å². The average molecular weight is 147 g/mol. The van der Waals surface area contributed by atoms with E-state index in [4.69, 9.17) is 0 Å². The lowest BCUT2D eigenvalue weighted by molar-refractivity contribution is 0.664. The van der Waals surface area contributed by atoms with Crippen molar-refractivity contribution in [1.82, 2.24) is 0 Å². The standard InChI is InChI=1S/C11H15/c1-2-8-11-9-6-4-3-5-7-10-11/h3-7,9-11H,2,8H2,1H3/b4-3-,7-5-,9-6-. The van der Waals surface area contributed by atoms with Crippen molar-refractivity contribution < 1.29 is 0 Å². The van der Waals surface area contributed by atoms with Gasteiger partial charge in [-0.2, -0.15) is 0 Å². The molecule has 0 aromatic carbocycles. The van der Waals surface area contributed by atoms with Crippen LogP contribution in [0.3, 0.4) is 0 Å². The Morgan fingerprint density at radius 1 is 1.00 bits per heavy atom. The second-order valence-electron chi connectivity index (χ2n) is 2.80. The Bertz CT molecular complexity index is 172. The van der Waals surface area contributed by atoms with E-state index in [0.29, 0.717) is 5.92 Å². The van der Waals surface area contributed by atoms with Gasteiger partial charge in [-0.15, -0.1) is 0 Å². The van der Waals surface area contributed by atoms with Crippen LogP contribution in [0.25, 0.3) is 0 Å². The van der Waals surface area contributed by atoms with Crippen molar-refractivity contribution in [3.8, 4) is 0 Å². The summed E-state index contributed by atoms with van der Waals surface area (Å²) in [6, 6.07) is 0. The number of hydrogen-bond donors (Lipinski definition) is 0. The van der Waals surface area contributed by atoms with Crippen LogP contribution in [0.4, 0.5) is 0 Å². The zero-order chi connectivity index (χ0) is 7.94. The molecule has 0 bridgehead atoms. The minimum Gasteiger partial charge on any atom is -0.0808 e. The quantitative estimate of drug-likeness (QED) is 0.562. The largest absolute Gasteiger partial charge is 0.0808 e. The van der Waals surface area contributed by atoms with Crippen LogP contribution in [0.15, 0.2) is 36.5 Å². The van der Waals surface area contributed by atoms with Crippen LogP contribution in [0.5, 0.6) is 0 Å². The van der Waals surface area contributed by atoms with Gasteiger partial charge in [0.05, 0.1) is 0 Å². The average Bonchev–Trinajstić information content (AvgIpc) is 1.94. The molecule has 1 aliphatic rings. The summed E-state index contributed by atoms with van der Waals surface area (Å²) in [6.45, 7) is 2.22. The SMILES string of the molecule is CCCC1[CH]\C=C/C=C\C=C/1. The summed E-state index contributed by atoms with van der Waals surface area (Å²) >= 11 is 0. The molecule has 0 nitrogen and oxygen atoms in total. The maximum absolute atomic E-state index is 2.25. The highest BCUT2D eigenvalue weighted by Crippen LogP contribution is 2.13. The molecule has 0 spiro atoms. The minimum atomic E-state index is 0.640. The molecule has 0 aromatic rings. The molecular formula is C11H15. The summed E-state index contributed by atoms with van der Waals surface area (Å²) < 4.78 is 0. The van der Waals surface area contributed by atoms with Gasteiger partial charge in [0.25, 0.3) is 0 Å². The van der Waals surface area contributed by atoms with Gasteiger partial charge in [0, 0.05) is 0 Å². The molecule has 0 fully saturated rings. The van der Waals surface area contributed by atoms with E-state index in [-0.39, 0.29) is 0 Å². The lowest BCUT2D eigenvalue weighted by Gasteiger charge is -2.07. The number of rotatable bonds is 2. The molecule has 11 heavy (non-hydrogen) atoms. The molecule has 0 N–H and O–H groups in total. The van der Waals surface area contributed by atoms with E-state index in [0.717, 1.165) is 0 Å². The van der Waals surface area contributed by atoms with Gasteiger partial charge in [-0.1, -0.05) is 49.8 Å². The number of allylic oxidation sites excluding steroid dienone is 6. The summed E-state index contributed by atoms with van der Waals surface area (Å²) in [5.41, 5.74) is 0. The molecule has 0 saturated carbocycles. The highest BCUT2D eigenvalue weighted by Gasteiger charge is 2.00. The molecule has 1 aliphatic carbocycles. The summed E-state index contributed by atoms with van der Waals surface area (Å²) in [5.74, 6) is 0.640. The van der Waals surface area contributed by atoms with Crippen LogP contribution in [0.2, 0.25) is 0 Å². The third-order valence-electron chi connectivity index (χ3n) is 1.78. The van der Waals surface area contributed by atoms with Crippen molar-refractivity contribution in [2.45, 2.75) is 19.8 Å². The molecule has 0 aromatic heterocycles. The Kier molecular flexibility index (Phi) is 3.74. The van der Waals surface area contributed by atoms with Gasteiger partial charge in [0.1, 0.15) is 0 Å². The van der Waals surface area contributed by atoms with Gasteiger partial charge in [-0.25, -0.2) is 0 Å². The lowest BCUT2D eigenvalue weighted by atomic mass is 9.98. The van der Waals surface area contributed by atoms with E-state index in [1.54, 1.807) is 0 Å². The molecular weight excluding hydrogens is 132 g/mol. The van der Waals surface area contributed by atoms with Crippen molar-refractivity contribution in [2.24, 2.45) is 5.92 Å². The molecule has 0 saturated heterocycles. The van der Waals surface area contributed by atoms with Crippen molar-refractivity contribution in [2.75, 3.05) is 0 Å². The maximum atomic E-state index is 2.25. The van der Waals surface area contributed by atoms with Gasteiger partial charge in [0.2, 0.25) is 0 Å². The maximum Gasteiger partial charge on any atom is -0.00986 e. The van der Waals surface area contributed by atoms with Crippen molar-refractivity contribution in [3.63, 3.8) is 0 Å². The van der Waals surface area contributed by atoms with Crippen LogP contribution in [-0.2, 0) is 0 Å². The first kappa shape index (κ1) is 8.32. The van der Waals surface area contributed by atoms with E-state index >= 15 is 0 Å². The van der Waals surface area contributed by atoms with Crippen molar-refractivity contribution in [1.29, 1.82) is 0 Å². The molecule has 0 aliphatic heterocycles. The summed E-state index contributed by atoms with van der Waals surface area (Å²) in [4.78, 5) is 0. The first-order chi connectivity index (χ1) is 5.43. The molecule has 0 heteroatoms. The summed E-state index contributed by atoms with van der Waals surface area (Å²) in [6.07, 6.45) is 17.5. The van der Waals surface area contributed by atoms with Crippen molar-refractivity contribution >= 4 is 0 Å². The smallest absolute Gasteiger partial charge is 0.00986 e. The Morgan fingerprint density at radius 2 is 1.73 bits per heavy atom. The van der Waals surface area contributed by atoms with Crippen LogP contribution < -0.4 is 0 Å². The molecule has 0 amide bonds. The molecule has 1 unspecified atom stereocenters. The monoisotopic (exact) mass is 147 g/mol. The van der Waals surface area contributed by atoms with E-state index in [1.807, 2.05) is 0 Å². The highest BCUT2D eigenvalue weighted by molar-refractivity contribution is 5.19. The Labute approximate surface area is 69.3 Å². The van der Waals surface area contributed by atoms with E-state index in [1.165, 1.54) is 12.8 Å². The molecule has 0 heterocycles. The Morgan fingerprint density at radius 3 is 2.55 bits per heavy atom. The number of hydrogen-bond acceptors (Lipinski definition) is 0. The Balaban J connectivity index is 2.47. The zero-order valence-electron chi connectivity index (χ0n) is 7.03. The zero-order valence-corrected chi connectivity index (χ0v) is 7.03. The third-order valence-corrected chi connectivity index (χ3v) is 1.78. The predicted molar refractivity (Wildman–Crippen MR) is 50.1 cm³/mol. The van der Waals surface area contributed by atoms with Crippen molar-refractivity contribution in [3.05, 3.63) is 42.9 Å². The third kappa shape index (κ3) is 3.22. The molecule has 1 atom stereocenters. The van der Waals surface area contributed by atoms with Gasteiger partial charge >= 0.3 is 0 Å². The van der Waals surface area contributed by atoms with Gasteiger partial charge in [0.15, 0.2) is 0 Å². The fourth-order valence-corrected chi connectivity index (χ4v) is 1.20. The first-order valence-corrected chi connectivity index (χ1v) is 4.28. The van der Waals surface area contributed by atoms with Crippen LogP contribution >= 0.6 is 0 Å². The van der Waals surface area contributed by atoms with Gasteiger partial charge in [-0.3, -0.25) is 0 Å². The summed E-state index contributed by atoms with van der Waals surface area (Å²) in [5, 5.41) is 0. The van der Waals surface area contributed by atoms with E-state index in [2.05, 4.69) is 49.8 Å². The molecule has 1 rings (SSSR count). The second kappa shape index (κ2) is 4.95. The van der Waals surface area contributed by atoms with E-state index in [9.17, 15) is 0 Å². The Hall–Kier alpha value is -0.780. The van der Waals surface area contributed by atoms with Crippen LogP contribution in [-0.4, -0.2) is 0 Å².